The Morgan fingerprint density at radius 3 is 2.52 bits per heavy atom. The zero-order valence-corrected chi connectivity index (χ0v) is 13.7. The van der Waals surface area contributed by atoms with Gasteiger partial charge in [-0.15, -0.1) is 0 Å². The molecule has 0 aliphatic heterocycles. The third kappa shape index (κ3) is 3.62. The van der Waals surface area contributed by atoms with Crippen molar-refractivity contribution in [3.8, 4) is 0 Å². The van der Waals surface area contributed by atoms with Crippen LogP contribution >= 0.6 is 0 Å². The molecule has 1 fully saturated rings. The van der Waals surface area contributed by atoms with Gasteiger partial charge in [-0.05, 0) is 38.0 Å². The fraction of sp³-hybridized carbons (Fsp3) is 0.867. The summed E-state index contributed by atoms with van der Waals surface area (Å²) in [6.45, 7) is 7.42. The second-order valence-corrected chi connectivity index (χ2v) is 6.89. The minimum absolute atomic E-state index is 0.0523. The Hall–Kier alpha value is -0.980. The molecular weight excluding hydrogens is 266 g/mol. The second-order valence-electron chi connectivity index (χ2n) is 6.89. The first-order chi connectivity index (χ1) is 9.92. The summed E-state index contributed by atoms with van der Waals surface area (Å²) >= 11 is 0. The highest BCUT2D eigenvalue weighted by molar-refractivity contribution is 5.02. The average molecular weight is 295 g/mol. The molecule has 0 radical (unpaired) electrons. The van der Waals surface area contributed by atoms with E-state index in [2.05, 4.69) is 36.3 Å². The van der Waals surface area contributed by atoms with Crippen LogP contribution in [-0.2, 0) is 18.2 Å². The highest BCUT2D eigenvalue weighted by Gasteiger charge is 2.44. The van der Waals surface area contributed by atoms with Crippen LogP contribution in [-0.4, -0.2) is 33.0 Å². The lowest BCUT2D eigenvalue weighted by Crippen LogP contribution is -2.58. The summed E-state index contributed by atoms with van der Waals surface area (Å²) in [6.07, 6.45) is 6.68. The Bertz CT molecular complexity index is 447. The highest BCUT2D eigenvalue weighted by atomic mass is 16.5. The van der Waals surface area contributed by atoms with Crippen molar-refractivity contribution in [2.24, 2.45) is 18.3 Å². The summed E-state index contributed by atoms with van der Waals surface area (Å²) in [6, 6.07) is 0.0523. The summed E-state index contributed by atoms with van der Waals surface area (Å²) in [7, 11) is 1.91. The molecule has 1 saturated carbocycles. The van der Waals surface area contributed by atoms with E-state index in [9.17, 15) is 0 Å². The fourth-order valence-electron chi connectivity index (χ4n) is 3.32. The third-order valence-corrected chi connectivity index (χ3v) is 4.91. The van der Waals surface area contributed by atoms with Crippen molar-refractivity contribution in [3.05, 3.63) is 12.2 Å². The highest BCUT2D eigenvalue weighted by Crippen LogP contribution is 2.44. The minimum atomic E-state index is -0.203. The lowest BCUT2D eigenvalue weighted by Gasteiger charge is -2.47. The van der Waals surface area contributed by atoms with Crippen LogP contribution in [0.25, 0.3) is 0 Å². The normalized spacial score (nSPS) is 22.1. The molecule has 120 valence electrons. The van der Waals surface area contributed by atoms with Gasteiger partial charge in [0.1, 0.15) is 12.2 Å². The van der Waals surface area contributed by atoms with Gasteiger partial charge in [0.25, 0.3) is 0 Å². The van der Waals surface area contributed by atoms with Crippen molar-refractivity contribution in [1.29, 1.82) is 0 Å². The molecule has 6 nitrogen and oxygen atoms in total. The number of hydrogen-bond donors (Lipinski definition) is 2. The smallest absolute Gasteiger partial charge is 0.138 e. The molecule has 1 aliphatic rings. The predicted octanol–water partition coefficient (Wildman–Crippen LogP) is 1.56. The van der Waals surface area contributed by atoms with E-state index in [0.717, 1.165) is 37.9 Å². The maximum atomic E-state index is 6.21. The summed E-state index contributed by atoms with van der Waals surface area (Å²) in [5.74, 6) is 6.80. The number of rotatable bonds is 6. The Morgan fingerprint density at radius 2 is 2.05 bits per heavy atom. The SMILES string of the molecule is CCOC1(C(Cc2ncnn2C)NN)CCC(C)(C)CC1. The Morgan fingerprint density at radius 1 is 1.38 bits per heavy atom. The zero-order chi connectivity index (χ0) is 15.5. The van der Waals surface area contributed by atoms with Crippen LogP contribution in [0, 0.1) is 5.41 Å². The van der Waals surface area contributed by atoms with Gasteiger partial charge in [-0.25, -0.2) is 4.98 Å². The lowest BCUT2D eigenvalue weighted by atomic mass is 9.68. The molecule has 1 aliphatic carbocycles. The first-order valence-electron chi connectivity index (χ1n) is 7.85. The van der Waals surface area contributed by atoms with E-state index in [0.29, 0.717) is 12.0 Å². The molecule has 1 atom stereocenters. The van der Waals surface area contributed by atoms with Crippen molar-refractivity contribution in [2.45, 2.75) is 64.5 Å². The van der Waals surface area contributed by atoms with Crippen molar-refractivity contribution in [1.82, 2.24) is 20.2 Å². The third-order valence-electron chi connectivity index (χ3n) is 4.91. The molecule has 21 heavy (non-hydrogen) atoms. The van der Waals surface area contributed by atoms with Gasteiger partial charge >= 0.3 is 0 Å². The number of aromatic nitrogens is 3. The predicted molar refractivity (Wildman–Crippen MR) is 82.4 cm³/mol. The molecule has 6 heteroatoms. The molecule has 0 amide bonds. The molecule has 0 bridgehead atoms. The van der Waals surface area contributed by atoms with E-state index in [-0.39, 0.29) is 11.6 Å². The summed E-state index contributed by atoms with van der Waals surface area (Å²) in [4.78, 5) is 4.32. The van der Waals surface area contributed by atoms with Crippen LogP contribution in [0.2, 0.25) is 0 Å². The molecule has 0 saturated heterocycles. The first kappa shape index (κ1) is 16.4. The molecule has 0 aromatic carbocycles. The van der Waals surface area contributed by atoms with Crippen molar-refractivity contribution in [2.75, 3.05) is 6.61 Å². The molecule has 1 aromatic rings. The fourth-order valence-corrected chi connectivity index (χ4v) is 3.32. The Labute approximate surface area is 127 Å². The van der Waals surface area contributed by atoms with Gasteiger partial charge in [-0.2, -0.15) is 5.10 Å². The largest absolute Gasteiger partial charge is 0.374 e. The van der Waals surface area contributed by atoms with E-state index in [1.165, 1.54) is 0 Å². The average Bonchev–Trinajstić information content (AvgIpc) is 2.84. The zero-order valence-electron chi connectivity index (χ0n) is 13.7. The molecule has 1 aromatic heterocycles. The second kappa shape index (κ2) is 6.42. The van der Waals surface area contributed by atoms with E-state index < -0.39 is 0 Å². The molecule has 2 rings (SSSR count). The van der Waals surface area contributed by atoms with Gasteiger partial charge in [0.05, 0.1) is 11.6 Å². The molecule has 1 unspecified atom stereocenters. The number of hydrogen-bond acceptors (Lipinski definition) is 5. The first-order valence-corrected chi connectivity index (χ1v) is 7.85. The Kier molecular flexibility index (Phi) is 5.01. The van der Waals surface area contributed by atoms with Crippen LogP contribution in [0.5, 0.6) is 0 Å². The maximum absolute atomic E-state index is 6.21. The summed E-state index contributed by atoms with van der Waals surface area (Å²) in [5.41, 5.74) is 3.17. The van der Waals surface area contributed by atoms with Crippen LogP contribution < -0.4 is 11.3 Å². The number of nitrogens with one attached hydrogen (secondary N) is 1. The standard InChI is InChI=1S/C15H29N5O/c1-5-21-15(8-6-14(2,3)7-9-15)12(19-16)10-13-17-11-18-20(13)4/h11-12,19H,5-10,16H2,1-4H3. The van der Waals surface area contributed by atoms with Gasteiger partial charge in [0.15, 0.2) is 0 Å². The topological polar surface area (TPSA) is 78.0 Å². The van der Waals surface area contributed by atoms with E-state index in [1.54, 1.807) is 11.0 Å². The number of ether oxygens (including phenoxy) is 1. The van der Waals surface area contributed by atoms with Crippen molar-refractivity contribution < 1.29 is 4.74 Å². The number of nitrogens with two attached hydrogens (primary N) is 1. The molecule has 0 spiro atoms. The lowest BCUT2D eigenvalue weighted by molar-refractivity contribution is -0.106. The summed E-state index contributed by atoms with van der Waals surface area (Å²) in [5, 5.41) is 4.14. The van der Waals surface area contributed by atoms with Crippen molar-refractivity contribution >= 4 is 0 Å². The van der Waals surface area contributed by atoms with Gasteiger partial charge in [0.2, 0.25) is 0 Å². The number of nitrogens with zero attached hydrogens (tertiary/aromatic N) is 3. The number of aryl methyl sites for hydroxylation is 1. The monoisotopic (exact) mass is 295 g/mol. The van der Waals surface area contributed by atoms with E-state index in [4.69, 9.17) is 10.6 Å². The van der Waals surface area contributed by atoms with Gasteiger partial charge < -0.3 is 4.74 Å². The van der Waals surface area contributed by atoms with Gasteiger partial charge in [-0.1, -0.05) is 13.8 Å². The minimum Gasteiger partial charge on any atom is -0.374 e. The maximum Gasteiger partial charge on any atom is 0.138 e. The Balaban J connectivity index is 2.17. The summed E-state index contributed by atoms with van der Waals surface area (Å²) < 4.78 is 8.01. The molecule has 1 heterocycles. The van der Waals surface area contributed by atoms with Crippen LogP contribution in [0.1, 0.15) is 52.3 Å². The van der Waals surface area contributed by atoms with Crippen molar-refractivity contribution in [3.63, 3.8) is 0 Å². The van der Waals surface area contributed by atoms with Crippen LogP contribution in [0.3, 0.4) is 0 Å². The van der Waals surface area contributed by atoms with E-state index in [1.807, 2.05) is 7.05 Å². The van der Waals surface area contributed by atoms with E-state index >= 15 is 0 Å². The molecular formula is C15H29N5O. The number of hydrazine groups is 1. The van der Waals surface area contributed by atoms with Gasteiger partial charge in [0, 0.05) is 20.1 Å². The van der Waals surface area contributed by atoms with Crippen LogP contribution in [0.15, 0.2) is 6.33 Å². The van der Waals surface area contributed by atoms with Crippen LogP contribution in [0.4, 0.5) is 0 Å². The van der Waals surface area contributed by atoms with Gasteiger partial charge in [-0.3, -0.25) is 16.0 Å². The molecule has 3 N–H and O–H groups in total. The quantitative estimate of drug-likeness (QED) is 0.615.